The van der Waals surface area contributed by atoms with E-state index < -0.39 is 24.8 Å². The molecule has 6 nitrogen and oxygen atoms in total. The largest absolute Gasteiger partial charge is 0.368 e. The number of hydrogen-bond acceptors (Lipinski definition) is 6. The summed E-state index contributed by atoms with van der Waals surface area (Å²) >= 11 is 0. The van der Waals surface area contributed by atoms with Crippen LogP contribution in [-0.4, -0.2) is 44.4 Å². The van der Waals surface area contributed by atoms with Gasteiger partial charge in [0.05, 0.1) is 19.8 Å². The fourth-order valence-corrected chi connectivity index (χ4v) is 4.42. The Morgan fingerprint density at radius 1 is 0.706 bits per heavy atom. The van der Waals surface area contributed by atoms with Crippen LogP contribution in [0.3, 0.4) is 0 Å². The summed E-state index contributed by atoms with van der Waals surface area (Å²) in [6.45, 7) is 1.22. The SMILES string of the molecule is COC1OC2COC(c3ccccc3)OC2[C@H](OCc2ccccc2)[C@H]1OCc1ccccc1. The van der Waals surface area contributed by atoms with Gasteiger partial charge in [0, 0.05) is 12.7 Å². The van der Waals surface area contributed by atoms with Crippen LogP contribution >= 0.6 is 0 Å². The van der Waals surface area contributed by atoms with Gasteiger partial charge in [0.2, 0.25) is 0 Å². The lowest BCUT2D eigenvalue weighted by Gasteiger charge is -2.48. The number of methoxy groups -OCH3 is 1. The van der Waals surface area contributed by atoms with Gasteiger partial charge in [0.1, 0.15) is 24.4 Å². The van der Waals surface area contributed by atoms with Gasteiger partial charge in [0.15, 0.2) is 12.6 Å². The van der Waals surface area contributed by atoms with E-state index in [2.05, 4.69) is 0 Å². The van der Waals surface area contributed by atoms with E-state index in [-0.39, 0.29) is 12.2 Å². The van der Waals surface area contributed by atoms with Gasteiger partial charge in [-0.3, -0.25) is 0 Å². The van der Waals surface area contributed by atoms with E-state index in [1.807, 2.05) is 91.0 Å². The highest BCUT2D eigenvalue weighted by Gasteiger charge is 2.51. The number of ether oxygens (including phenoxy) is 6. The molecule has 0 saturated carbocycles. The summed E-state index contributed by atoms with van der Waals surface area (Å²) in [6, 6.07) is 30.0. The average Bonchev–Trinajstić information content (AvgIpc) is 2.91. The first-order chi connectivity index (χ1) is 16.8. The Bertz CT molecular complexity index is 993. The third-order valence-electron chi connectivity index (χ3n) is 6.16. The number of hydrogen-bond donors (Lipinski definition) is 0. The molecule has 0 spiro atoms. The molecule has 6 atom stereocenters. The van der Waals surface area contributed by atoms with Crippen LogP contribution < -0.4 is 0 Å². The van der Waals surface area contributed by atoms with Gasteiger partial charge >= 0.3 is 0 Å². The standard InChI is InChI=1S/C28H30O6/c1-29-28-26(31-18-21-13-7-3-8-14-21)25(30-17-20-11-5-2-6-12-20)24-23(33-28)19-32-27(34-24)22-15-9-4-10-16-22/h2-16,23-28H,17-19H2,1H3/t23?,24?,25-,26+,27?,28?/m0/s1. The lowest BCUT2D eigenvalue weighted by atomic mass is 9.97. The van der Waals surface area contributed by atoms with Gasteiger partial charge in [0.25, 0.3) is 0 Å². The van der Waals surface area contributed by atoms with Crippen molar-refractivity contribution in [2.75, 3.05) is 13.7 Å². The minimum atomic E-state index is -0.605. The second-order valence-corrected chi connectivity index (χ2v) is 8.48. The fraction of sp³-hybridized carbons (Fsp3) is 0.357. The molecule has 34 heavy (non-hydrogen) atoms. The molecule has 2 heterocycles. The summed E-state index contributed by atoms with van der Waals surface area (Å²) in [4.78, 5) is 0. The van der Waals surface area contributed by atoms with E-state index >= 15 is 0 Å². The predicted molar refractivity (Wildman–Crippen MR) is 126 cm³/mol. The minimum absolute atomic E-state index is 0.331. The van der Waals surface area contributed by atoms with E-state index in [0.29, 0.717) is 19.8 Å². The first-order valence-electron chi connectivity index (χ1n) is 11.6. The van der Waals surface area contributed by atoms with Gasteiger partial charge in [-0.1, -0.05) is 91.0 Å². The highest BCUT2D eigenvalue weighted by atomic mass is 16.8. The molecule has 4 unspecified atom stereocenters. The number of rotatable bonds is 8. The normalized spacial score (nSPS) is 28.9. The minimum Gasteiger partial charge on any atom is -0.368 e. The molecule has 3 aromatic carbocycles. The molecule has 0 N–H and O–H groups in total. The Kier molecular flexibility index (Phi) is 7.65. The molecular weight excluding hydrogens is 432 g/mol. The van der Waals surface area contributed by atoms with Crippen LogP contribution in [0.25, 0.3) is 0 Å². The molecule has 0 radical (unpaired) electrons. The molecule has 178 valence electrons. The zero-order valence-electron chi connectivity index (χ0n) is 19.2. The van der Waals surface area contributed by atoms with Crippen molar-refractivity contribution in [1.29, 1.82) is 0 Å². The second-order valence-electron chi connectivity index (χ2n) is 8.48. The zero-order chi connectivity index (χ0) is 23.2. The first-order valence-corrected chi connectivity index (χ1v) is 11.6. The molecule has 3 aromatic rings. The predicted octanol–water partition coefficient (Wildman–Crippen LogP) is 4.64. The van der Waals surface area contributed by atoms with Gasteiger partial charge in [-0.25, -0.2) is 0 Å². The molecule has 2 fully saturated rings. The Labute approximate surface area is 200 Å². The van der Waals surface area contributed by atoms with Gasteiger partial charge < -0.3 is 28.4 Å². The molecular formula is C28H30O6. The molecule has 0 aliphatic carbocycles. The van der Waals surface area contributed by atoms with Crippen molar-refractivity contribution in [1.82, 2.24) is 0 Å². The quantitative estimate of drug-likeness (QED) is 0.486. The van der Waals surface area contributed by atoms with Crippen molar-refractivity contribution >= 4 is 0 Å². The maximum atomic E-state index is 6.49. The van der Waals surface area contributed by atoms with Crippen LogP contribution in [0.4, 0.5) is 0 Å². The van der Waals surface area contributed by atoms with Crippen molar-refractivity contribution in [3.8, 4) is 0 Å². The van der Waals surface area contributed by atoms with E-state index in [0.717, 1.165) is 16.7 Å². The van der Waals surface area contributed by atoms with Crippen molar-refractivity contribution in [3.05, 3.63) is 108 Å². The Hall–Kier alpha value is -2.58. The van der Waals surface area contributed by atoms with Crippen LogP contribution in [-0.2, 0) is 41.6 Å². The Morgan fingerprint density at radius 2 is 1.26 bits per heavy atom. The van der Waals surface area contributed by atoms with Gasteiger partial charge in [-0.15, -0.1) is 0 Å². The molecule has 0 aromatic heterocycles. The molecule has 2 aliphatic rings. The Morgan fingerprint density at radius 3 is 1.85 bits per heavy atom. The van der Waals surface area contributed by atoms with E-state index in [9.17, 15) is 0 Å². The monoisotopic (exact) mass is 462 g/mol. The zero-order valence-corrected chi connectivity index (χ0v) is 19.2. The van der Waals surface area contributed by atoms with Gasteiger partial charge in [-0.2, -0.15) is 0 Å². The maximum absolute atomic E-state index is 6.49. The average molecular weight is 463 g/mol. The lowest BCUT2D eigenvalue weighted by Crippen LogP contribution is -2.63. The summed E-state index contributed by atoms with van der Waals surface area (Å²) < 4.78 is 37.2. The molecule has 0 amide bonds. The second kappa shape index (κ2) is 11.2. The fourth-order valence-electron chi connectivity index (χ4n) is 4.42. The summed E-state index contributed by atoms with van der Waals surface area (Å²) in [5, 5.41) is 0. The molecule has 5 rings (SSSR count). The summed E-state index contributed by atoms with van der Waals surface area (Å²) in [7, 11) is 1.62. The van der Waals surface area contributed by atoms with Crippen LogP contribution in [0.5, 0.6) is 0 Å². The van der Waals surface area contributed by atoms with Crippen LogP contribution in [0.2, 0.25) is 0 Å². The molecule has 2 aliphatic heterocycles. The van der Waals surface area contributed by atoms with Crippen molar-refractivity contribution in [2.24, 2.45) is 0 Å². The third-order valence-corrected chi connectivity index (χ3v) is 6.16. The molecule has 2 saturated heterocycles. The smallest absolute Gasteiger partial charge is 0.186 e. The van der Waals surface area contributed by atoms with Crippen molar-refractivity contribution in [3.63, 3.8) is 0 Å². The van der Waals surface area contributed by atoms with E-state index in [1.54, 1.807) is 7.11 Å². The maximum Gasteiger partial charge on any atom is 0.186 e. The molecule has 6 heteroatoms. The highest BCUT2D eigenvalue weighted by Crippen LogP contribution is 2.37. The third kappa shape index (κ3) is 5.39. The number of fused-ring (bicyclic) bond motifs is 1. The van der Waals surface area contributed by atoms with Crippen LogP contribution in [0.1, 0.15) is 23.0 Å². The lowest BCUT2D eigenvalue weighted by molar-refractivity contribution is -0.369. The van der Waals surface area contributed by atoms with Crippen molar-refractivity contribution < 1.29 is 28.4 Å². The van der Waals surface area contributed by atoms with E-state index in [4.69, 9.17) is 28.4 Å². The summed E-state index contributed by atoms with van der Waals surface area (Å²) in [6.07, 6.45) is -2.71. The highest BCUT2D eigenvalue weighted by molar-refractivity contribution is 5.17. The summed E-state index contributed by atoms with van der Waals surface area (Å²) in [5.74, 6) is 0. The van der Waals surface area contributed by atoms with Gasteiger partial charge in [-0.05, 0) is 11.1 Å². The van der Waals surface area contributed by atoms with Crippen LogP contribution in [0.15, 0.2) is 91.0 Å². The van der Waals surface area contributed by atoms with Crippen LogP contribution in [0, 0.1) is 0 Å². The topological polar surface area (TPSA) is 55.4 Å². The number of benzene rings is 3. The van der Waals surface area contributed by atoms with Crippen molar-refractivity contribution in [2.45, 2.75) is 50.2 Å². The summed E-state index contributed by atoms with van der Waals surface area (Å²) in [5.41, 5.74) is 3.10. The first kappa shape index (κ1) is 23.2. The Balaban J connectivity index is 1.39. The molecule has 0 bridgehead atoms. The van der Waals surface area contributed by atoms with E-state index in [1.165, 1.54) is 0 Å².